The molecular weight excluding hydrogens is 268 g/mol. The molecule has 3 aliphatic rings. The number of nitrogens with zero attached hydrogens (tertiary/aromatic N) is 1. The van der Waals surface area contributed by atoms with Crippen molar-refractivity contribution >= 4 is 11.8 Å². The van der Waals surface area contributed by atoms with E-state index in [2.05, 4.69) is 5.32 Å². The Balaban J connectivity index is 1.45. The van der Waals surface area contributed by atoms with Crippen LogP contribution in [0.2, 0.25) is 0 Å². The maximum Gasteiger partial charge on any atom is 0.225 e. The fourth-order valence-electron chi connectivity index (χ4n) is 3.53. The van der Waals surface area contributed by atoms with Crippen LogP contribution in [0.15, 0.2) is 0 Å². The van der Waals surface area contributed by atoms with Crippen molar-refractivity contribution in [3.8, 4) is 0 Å². The maximum absolute atomic E-state index is 12.3. The van der Waals surface area contributed by atoms with Crippen molar-refractivity contribution in [1.82, 2.24) is 10.2 Å². The number of nitrogens with one attached hydrogen (secondary N) is 1. The van der Waals surface area contributed by atoms with E-state index in [1.54, 1.807) is 0 Å². The smallest absolute Gasteiger partial charge is 0.225 e. The van der Waals surface area contributed by atoms with Gasteiger partial charge >= 0.3 is 0 Å². The zero-order valence-electron chi connectivity index (χ0n) is 12.6. The third kappa shape index (κ3) is 3.57. The van der Waals surface area contributed by atoms with Crippen molar-refractivity contribution < 1.29 is 14.7 Å². The van der Waals surface area contributed by atoms with E-state index >= 15 is 0 Å². The van der Waals surface area contributed by atoms with Gasteiger partial charge in [-0.1, -0.05) is 12.8 Å². The molecule has 118 valence electrons. The summed E-state index contributed by atoms with van der Waals surface area (Å²) in [5.74, 6) is 0.631. The number of piperidine rings is 1. The van der Waals surface area contributed by atoms with Crippen molar-refractivity contribution in [2.45, 2.75) is 63.5 Å². The summed E-state index contributed by atoms with van der Waals surface area (Å²) in [5.41, 5.74) is 0. The average Bonchev–Trinajstić information content (AvgIpc) is 3.34. The van der Waals surface area contributed by atoms with Crippen molar-refractivity contribution in [3.63, 3.8) is 0 Å². The van der Waals surface area contributed by atoms with Crippen LogP contribution in [0.4, 0.5) is 0 Å². The highest BCUT2D eigenvalue weighted by atomic mass is 16.3. The van der Waals surface area contributed by atoms with Gasteiger partial charge in [-0.2, -0.15) is 0 Å². The normalized spacial score (nSPS) is 31.0. The van der Waals surface area contributed by atoms with Crippen LogP contribution in [0.1, 0.15) is 51.4 Å². The first-order chi connectivity index (χ1) is 10.1. The van der Waals surface area contributed by atoms with Crippen molar-refractivity contribution in [3.05, 3.63) is 0 Å². The van der Waals surface area contributed by atoms with E-state index in [-0.39, 0.29) is 35.8 Å². The summed E-state index contributed by atoms with van der Waals surface area (Å²) < 4.78 is 0. The molecule has 2 saturated carbocycles. The lowest BCUT2D eigenvalue weighted by atomic mass is 9.90. The monoisotopic (exact) mass is 294 g/mol. The molecular formula is C16H26N2O3. The topological polar surface area (TPSA) is 69.6 Å². The second kappa shape index (κ2) is 6.34. The molecule has 2 amide bonds. The van der Waals surface area contributed by atoms with Gasteiger partial charge in [-0.05, 0) is 38.5 Å². The third-order valence-electron chi connectivity index (χ3n) is 5.16. The molecule has 5 heteroatoms. The van der Waals surface area contributed by atoms with Crippen molar-refractivity contribution in [1.29, 1.82) is 0 Å². The standard InChI is InChI=1S/C16H26N2O3/c19-14-4-2-1-3-13(14)17-15(20)11-7-9-18(10-8-11)16(21)12-5-6-12/h11-14,19H,1-10H2,(H,17,20)/t13-,14-/m1/s1. The second-order valence-corrected chi connectivity index (χ2v) is 6.84. The Hall–Kier alpha value is -1.10. The molecule has 0 aromatic carbocycles. The molecule has 2 atom stereocenters. The summed E-state index contributed by atoms with van der Waals surface area (Å²) in [4.78, 5) is 26.2. The fourth-order valence-corrected chi connectivity index (χ4v) is 3.53. The summed E-state index contributed by atoms with van der Waals surface area (Å²) in [6.45, 7) is 1.42. The van der Waals surface area contributed by atoms with E-state index in [0.717, 1.165) is 51.4 Å². The number of amides is 2. The van der Waals surface area contributed by atoms with Crippen LogP contribution < -0.4 is 5.32 Å². The molecule has 1 aliphatic heterocycles. The first-order valence-electron chi connectivity index (χ1n) is 8.42. The Kier molecular flexibility index (Phi) is 4.48. The highest BCUT2D eigenvalue weighted by Crippen LogP contribution is 2.32. The van der Waals surface area contributed by atoms with Crippen LogP contribution in [0.25, 0.3) is 0 Å². The maximum atomic E-state index is 12.3. The molecule has 1 heterocycles. The van der Waals surface area contributed by atoms with E-state index in [1.807, 2.05) is 4.90 Å². The molecule has 3 fully saturated rings. The van der Waals surface area contributed by atoms with Crippen LogP contribution in [0.5, 0.6) is 0 Å². The van der Waals surface area contributed by atoms with Crippen molar-refractivity contribution in [2.75, 3.05) is 13.1 Å². The van der Waals surface area contributed by atoms with Gasteiger partial charge in [0.25, 0.3) is 0 Å². The number of rotatable bonds is 3. The predicted molar refractivity (Wildman–Crippen MR) is 78.4 cm³/mol. The van der Waals surface area contributed by atoms with Crippen LogP contribution in [0, 0.1) is 11.8 Å². The first kappa shape index (κ1) is 14.8. The van der Waals surface area contributed by atoms with Gasteiger partial charge in [0, 0.05) is 24.9 Å². The molecule has 0 aromatic rings. The Morgan fingerprint density at radius 1 is 0.905 bits per heavy atom. The summed E-state index contributed by atoms with van der Waals surface area (Å²) >= 11 is 0. The molecule has 2 aliphatic carbocycles. The zero-order chi connectivity index (χ0) is 14.8. The third-order valence-corrected chi connectivity index (χ3v) is 5.16. The number of carbonyl (C=O) groups is 2. The number of hydrogen-bond acceptors (Lipinski definition) is 3. The minimum absolute atomic E-state index is 0.00220. The lowest BCUT2D eigenvalue weighted by molar-refractivity contribution is -0.137. The molecule has 0 spiro atoms. The van der Waals surface area contributed by atoms with Crippen LogP contribution in [-0.4, -0.2) is 47.1 Å². The summed E-state index contributed by atoms with van der Waals surface area (Å²) in [7, 11) is 0. The first-order valence-corrected chi connectivity index (χ1v) is 8.42. The number of carbonyl (C=O) groups excluding carboxylic acids is 2. The van der Waals surface area contributed by atoms with E-state index in [4.69, 9.17) is 0 Å². The Labute approximate surface area is 126 Å². The number of hydrogen-bond donors (Lipinski definition) is 2. The molecule has 1 saturated heterocycles. The minimum atomic E-state index is -0.390. The molecule has 3 rings (SSSR count). The second-order valence-electron chi connectivity index (χ2n) is 6.84. The Morgan fingerprint density at radius 2 is 1.57 bits per heavy atom. The summed E-state index contributed by atoms with van der Waals surface area (Å²) in [6.07, 6.45) is 7.01. The minimum Gasteiger partial charge on any atom is -0.391 e. The van der Waals surface area contributed by atoms with Crippen LogP contribution in [0.3, 0.4) is 0 Å². The molecule has 0 bridgehead atoms. The molecule has 21 heavy (non-hydrogen) atoms. The van der Waals surface area contributed by atoms with Gasteiger partial charge in [-0.3, -0.25) is 9.59 Å². The zero-order valence-corrected chi connectivity index (χ0v) is 12.6. The van der Waals surface area contributed by atoms with Gasteiger partial charge < -0.3 is 15.3 Å². The largest absolute Gasteiger partial charge is 0.391 e. The van der Waals surface area contributed by atoms with Gasteiger partial charge in [-0.15, -0.1) is 0 Å². The Bertz CT molecular complexity index is 400. The van der Waals surface area contributed by atoms with E-state index in [9.17, 15) is 14.7 Å². The molecule has 2 N–H and O–H groups in total. The number of likely N-dealkylation sites (tertiary alicyclic amines) is 1. The Morgan fingerprint density at radius 3 is 2.19 bits per heavy atom. The van der Waals surface area contributed by atoms with E-state index in [1.165, 1.54) is 0 Å². The highest BCUT2D eigenvalue weighted by molar-refractivity contribution is 5.82. The predicted octanol–water partition coefficient (Wildman–Crippen LogP) is 1.05. The van der Waals surface area contributed by atoms with Gasteiger partial charge in [0.15, 0.2) is 0 Å². The van der Waals surface area contributed by atoms with E-state index < -0.39 is 0 Å². The lowest BCUT2D eigenvalue weighted by Gasteiger charge is -2.34. The van der Waals surface area contributed by atoms with Crippen LogP contribution >= 0.6 is 0 Å². The van der Waals surface area contributed by atoms with E-state index in [0.29, 0.717) is 13.1 Å². The summed E-state index contributed by atoms with van der Waals surface area (Å²) in [5, 5.41) is 13.0. The fraction of sp³-hybridized carbons (Fsp3) is 0.875. The van der Waals surface area contributed by atoms with Gasteiger partial charge in [-0.25, -0.2) is 0 Å². The van der Waals surface area contributed by atoms with Crippen LogP contribution in [-0.2, 0) is 9.59 Å². The number of aliphatic hydroxyl groups is 1. The molecule has 0 unspecified atom stereocenters. The van der Waals surface area contributed by atoms with Gasteiger partial charge in [0.05, 0.1) is 12.1 Å². The lowest BCUT2D eigenvalue weighted by Crippen LogP contribution is -2.49. The highest BCUT2D eigenvalue weighted by Gasteiger charge is 2.36. The molecule has 0 radical (unpaired) electrons. The quantitative estimate of drug-likeness (QED) is 0.817. The molecule has 5 nitrogen and oxygen atoms in total. The summed E-state index contributed by atoms with van der Waals surface area (Å²) in [6, 6.07) is -0.0719. The van der Waals surface area contributed by atoms with Gasteiger partial charge in [0.2, 0.25) is 11.8 Å². The number of aliphatic hydroxyl groups excluding tert-OH is 1. The average molecular weight is 294 g/mol. The molecule has 0 aromatic heterocycles. The van der Waals surface area contributed by atoms with Crippen molar-refractivity contribution in [2.24, 2.45) is 11.8 Å². The van der Waals surface area contributed by atoms with Gasteiger partial charge in [0.1, 0.15) is 0 Å². The SMILES string of the molecule is O=C(N[C@@H]1CCCC[C@H]1O)C1CCN(C(=O)C2CC2)CC1.